The quantitative estimate of drug-likeness (QED) is 0.0721. The molecule has 0 saturated carbocycles. The van der Waals surface area contributed by atoms with E-state index in [2.05, 4.69) is 39.1 Å². The van der Waals surface area contributed by atoms with Crippen molar-refractivity contribution in [2.75, 3.05) is 45.8 Å². The van der Waals surface area contributed by atoms with Gasteiger partial charge in [0.25, 0.3) is 0 Å². The zero-order valence-corrected chi connectivity index (χ0v) is 29.1. The highest BCUT2D eigenvalue weighted by molar-refractivity contribution is 7.98. The standard InChI is InChI=1S/C30H22ClN5O5S2.C4H11NO/c1-39-25(37)10-11-26(38)41-13-12-40-22-8-4-18(5-9-22)27-23(14-32)28(34)36-30(24(27)15-33)43-17-21-16-42-29(35-21)19-2-6-20(31)7-3-19;1-2-5-3-4-6/h2-11,16H,12-13,17H2,1H3,(H2,34,36);5-6H,2-4H2,1H3/p+1/b11-10-;. The van der Waals surface area contributed by atoms with Gasteiger partial charge in [0, 0.05) is 39.4 Å². The Hall–Kier alpha value is -4.96. The van der Waals surface area contributed by atoms with Crippen LogP contribution in [0.5, 0.6) is 5.75 Å². The van der Waals surface area contributed by atoms with E-state index in [1.807, 2.05) is 29.6 Å². The number of rotatable bonds is 14. The lowest BCUT2D eigenvalue weighted by molar-refractivity contribution is -0.652. The van der Waals surface area contributed by atoms with Gasteiger partial charge in [-0.15, -0.1) is 11.3 Å². The fourth-order valence-electron chi connectivity index (χ4n) is 4.00. The van der Waals surface area contributed by atoms with Crippen molar-refractivity contribution in [1.29, 1.82) is 10.5 Å². The summed E-state index contributed by atoms with van der Waals surface area (Å²) < 4.78 is 15.0. The molecular weight excluding hydrogens is 688 g/mol. The second kappa shape index (κ2) is 20.4. The minimum Gasteiger partial charge on any atom is -0.490 e. The summed E-state index contributed by atoms with van der Waals surface area (Å²) in [6.45, 7) is 4.29. The van der Waals surface area contributed by atoms with Crippen LogP contribution in [0.25, 0.3) is 21.7 Å². The van der Waals surface area contributed by atoms with Gasteiger partial charge in [-0.2, -0.15) is 10.5 Å². The highest BCUT2D eigenvalue weighted by atomic mass is 35.5. The fraction of sp³-hybridized carbons (Fsp3) is 0.235. The molecule has 2 heterocycles. The molecule has 0 aliphatic rings. The van der Waals surface area contributed by atoms with Crippen LogP contribution in [-0.2, 0) is 24.8 Å². The van der Waals surface area contributed by atoms with Crippen LogP contribution in [0.2, 0.25) is 5.02 Å². The second-order valence-corrected chi connectivity index (χ2v) is 12.0. The predicted molar refractivity (Wildman–Crippen MR) is 188 cm³/mol. The minimum absolute atomic E-state index is 0.0162. The molecule has 254 valence electrons. The number of thiazole rings is 1. The third-order valence-electron chi connectivity index (χ3n) is 6.33. The highest BCUT2D eigenvalue weighted by Gasteiger charge is 2.21. The van der Waals surface area contributed by atoms with Gasteiger partial charge in [-0.25, -0.2) is 19.6 Å². The monoisotopic (exact) mass is 721 g/mol. The molecule has 2 aromatic carbocycles. The lowest BCUT2D eigenvalue weighted by atomic mass is 9.97. The molecule has 4 rings (SSSR count). The number of nitrogen functional groups attached to an aromatic ring is 1. The molecule has 0 saturated heterocycles. The van der Waals surface area contributed by atoms with Crippen molar-refractivity contribution in [1.82, 2.24) is 9.97 Å². The number of ether oxygens (including phenoxy) is 3. The number of halogens is 1. The van der Waals surface area contributed by atoms with Crippen molar-refractivity contribution in [2.45, 2.75) is 17.7 Å². The van der Waals surface area contributed by atoms with E-state index in [9.17, 15) is 20.1 Å². The van der Waals surface area contributed by atoms with Crippen molar-refractivity contribution in [3.63, 3.8) is 0 Å². The molecule has 0 fully saturated rings. The summed E-state index contributed by atoms with van der Waals surface area (Å²) >= 11 is 8.79. The van der Waals surface area contributed by atoms with E-state index in [0.29, 0.717) is 39.3 Å². The number of quaternary nitrogens is 1. The van der Waals surface area contributed by atoms with E-state index < -0.39 is 11.9 Å². The van der Waals surface area contributed by atoms with Crippen LogP contribution in [0.4, 0.5) is 5.82 Å². The van der Waals surface area contributed by atoms with Crippen LogP contribution in [0.1, 0.15) is 23.7 Å². The number of carbonyl (C=O) groups is 2. The Kier molecular flexibility index (Phi) is 16.0. The van der Waals surface area contributed by atoms with Crippen LogP contribution < -0.4 is 15.8 Å². The third-order valence-corrected chi connectivity index (χ3v) is 8.53. The van der Waals surface area contributed by atoms with Gasteiger partial charge in [-0.1, -0.05) is 47.6 Å². The number of nitrogens with two attached hydrogens (primary N) is 2. The predicted octanol–water partition coefficient (Wildman–Crippen LogP) is 4.36. The Morgan fingerprint density at radius 2 is 1.69 bits per heavy atom. The van der Waals surface area contributed by atoms with Crippen LogP contribution in [-0.4, -0.2) is 67.0 Å². The van der Waals surface area contributed by atoms with Crippen molar-refractivity contribution in [3.8, 4) is 39.6 Å². The molecule has 0 spiro atoms. The number of hydrogen-bond donors (Lipinski definition) is 3. The molecule has 0 aliphatic carbocycles. The Bertz CT molecular complexity index is 1820. The van der Waals surface area contributed by atoms with Gasteiger partial charge in [0.15, 0.2) is 0 Å². The first-order valence-electron chi connectivity index (χ1n) is 14.8. The maximum atomic E-state index is 11.6. The van der Waals surface area contributed by atoms with Gasteiger partial charge in [-0.05, 0) is 36.8 Å². The Morgan fingerprint density at radius 3 is 2.31 bits per heavy atom. The summed E-state index contributed by atoms with van der Waals surface area (Å²) in [7, 11) is 1.20. The molecule has 49 heavy (non-hydrogen) atoms. The largest absolute Gasteiger partial charge is 0.490 e. The molecule has 0 aliphatic heterocycles. The van der Waals surface area contributed by atoms with Gasteiger partial charge in [0.05, 0.1) is 38.1 Å². The fourth-order valence-corrected chi connectivity index (χ4v) is 5.94. The smallest absolute Gasteiger partial charge is 0.331 e. The van der Waals surface area contributed by atoms with E-state index in [1.54, 1.807) is 24.3 Å². The third kappa shape index (κ3) is 11.9. The number of likely N-dealkylation sites (N-methyl/N-ethyl adjacent to an activating group) is 1. The summed E-state index contributed by atoms with van der Waals surface area (Å²) in [5.74, 6) is -0.455. The summed E-state index contributed by atoms with van der Waals surface area (Å²) in [6.07, 6.45) is 1.92. The number of hydrogen-bond acceptors (Lipinski definition) is 13. The van der Waals surface area contributed by atoms with Gasteiger partial charge in [0.1, 0.15) is 52.5 Å². The molecule has 0 atom stereocenters. The topological polar surface area (TPSA) is 198 Å². The summed E-state index contributed by atoms with van der Waals surface area (Å²) in [5.41, 5.74) is 9.19. The summed E-state index contributed by atoms with van der Waals surface area (Å²) in [6, 6.07) is 18.4. The Morgan fingerprint density at radius 1 is 1.02 bits per heavy atom. The van der Waals surface area contributed by atoms with Gasteiger partial charge in [0.2, 0.25) is 0 Å². The number of aliphatic hydroxyl groups is 1. The zero-order chi connectivity index (χ0) is 35.6. The van der Waals surface area contributed by atoms with E-state index >= 15 is 0 Å². The normalized spacial score (nSPS) is 10.4. The van der Waals surface area contributed by atoms with Gasteiger partial charge in [-0.3, -0.25) is 0 Å². The van der Waals surface area contributed by atoms with Crippen molar-refractivity contribution < 1.29 is 34.2 Å². The van der Waals surface area contributed by atoms with Gasteiger partial charge >= 0.3 is 11.9 Å². The number of aliphatic hydroxyl groups excluding tert-OH is 1. The zero-order valence-electron chi connectivity index (χ0n) is 26.7. The average molecular weight is 722 g/mol. The maximum Gasteiger partial charge on any atom is 0.331 e. The number of esters is 2. The number of benzene rings is 2. The van der Waals surface area contributed by atoms with Crippen molar-refractivity contribution in [2.24, 2.45) is 0 Å². The summed E-state index contributed by atoms with van der Waals surface area (Å²) in [4.78, 5) is 31.7. The second-order valence-electron chi connectivity index (χ2n) is 9.70. The number of aromatic nitrogens is 2. The lowest BCUT2D eigenvalue weighted by Crippen LogP contribution is -2.84. The van der Waals surface area contributed by atoms with E-state index in [0.717, 1.165) is 41.5 Å². The Balaban J connectivity index is 0.000000992. The number of carbonyl (C=O) groups excluding carboxylic acids is 2. The number of anilines is 1. The number of pyridine rings is 1. The molecular formula is C34H34ClN6O6S2+. The molecule has 0 amide bonds. The molecule has 12 nitrogen and oxygen atoms in total. The number of methoxy groups -OCH3 is 1. The van der Waals surface area contributed by atoms with E-state index in [4.69, 9.17) is 31.9 Å². The molecule has 4 aromatic rings. The molecule has 15 heteroatoms. The highest BCUT2D eigenvalue weighted by Crippen LogP contribution is 2.37. The van der Waals surface area contributed by atoms with E-state index in [-0.39, 0.29) is 30.2 Å². The number of nitrogens with zero attached hydrogens (tertiary/aromatic N) is 4. The average Bonchev–Trinajstić information content (AvgIpc) is 3.60. The summed E-state index contributed by atoms with van der Waals surface area (Å²) in [5, 5.41) is 34.0. The van der Waals surface area contributed by atoms with Crippen LogP contribution >= 0.6 is 34.7 Å². The van der Waals surface area contributed by atoms with E-state index in [1.165, 1.54) is 30.2 Å². The van der Waals surface area contributed by atoms with Crippen LogP contribution in [0, 0.1) is 22.7 Å². The van der Waals surface area contributed by atoms with Crippen LogP contribution in [0.15, 0.2) is 71.1 Å². The molecule has 0 unspecified atom stereocenters. The maximum absolute atomic E-state index is 11.6. The van der Waals surface area contributed by atoms with Crippen LogP contribution in [0.3, 0.4) is 0 Å². The van der Waals surface area contributed by atoms with Crippen molar-refractivity contribution in [3.05, 3.63) is 87.9 Å². The first-order chi connectivity index (χ1) is 23.7. The first kappa shape index (κ1) is 38.5. The Labute approximate surface area is 297 Å². The van der Waals surface area contributed by atoms with Gasteiger partial charge < -0.3 is 30.4 Å². The number of thioether (sulfide) groups is 1. The molecule has 0 radical (unpaired) electrons. The SMILES string of the molecule is CC[NH2+]CCO.COC(=O)/C=C\C(=O)OCCOc1ccc(-c2c(C#N)c(N)nc(SCc3csc(-c4ccc(Cl)cc4)n3)c2C#N)cc1. The first-order valence-corrected chi connectivity index (χ1v) is 17.0. The molecule has 5 N–H and O–H groups in total. The molecule has 2 aromatic heterocycles. The minimum atomic E-state index is -0.710. The lowest BCUT2D eigenvalue weighted by Gasteiger charge is -2.13. The molecule has 0 bridgehead atoms. The number of nitriles is 2. The van der Waals surface area contributed by atoms with Crippen molar-refractivity contribution >= 4 is 52.5 Å².